The highest BCUT2D eigenvalue weighted by molar-refractivity contribution is 4.96. The lowest BCUT2D eigenvalue weighted by atomic mass is 9.67. The van der Waals surface area contributed by atoms with E-state index in [4.69, 9.17) is 4.74 Å². The van der Waals surface area contributed by atoms with E-state index in [0.29, 0.717) is 10.8 Å². The molecule has 0 radical (unpaired) electrons. The Bertz CT molecular complexity index is 196. The van der Waals surface area contributed by atoms with Crippen molar-refractivity contribution in [2.75, 3.05) is 19.8 Å². The van der Waals surface area contributed by atoms with Crippen molar-refractivity contribution in [1.29, 1.82) is 0 Å². The van der Waals surface area contributed by atoms with Crippen LogP contribution in [0.25, 0.3) is 0 Å². The summed E-state index contributed by atoms with van der Waals surface area (Å²) in [5, 5.41) is 3.67. The van der Waals surface area contributed by atoms with Gasteiger partial charge in [-0.15, -0.1) is 0 Å². The first-order chi connectivity index (χ1) is 6.02. The van der Waals surface area contributed by atoms with Crippen LogP contribution >= 0.6 is 0 Å². The Morgan fingerprint density at radius 2 is 2.00 bits per heavy atom. The van der Waals surface area contributed by atoms with Crippen molar-refractivity contribution in [3.63, 3.8) is 0 Å². The Morgan fingerprint density at radius 3 is 2.31 bits per heavy atom. The molecule has 1 atom stereocenters. The highest BCUT2D eigenvalue weighted by atomic mass is 16.5. The third-order valence-electron chi connectivity index (χ3n) is 3.70. The first-order valence-corrected chi connectivity index (χ1v) is 5.33. The Kier molecular flexibility index (Phi) is 2.16. The fourth-order valence-corrected chi connectivity index (χ4v) is 2.17. The third-order valence-corrected chi connectivity index (χ3v) is 3.70. The van der Waals surface area contributed by atoms with Crippen molar-refractivity contribution in [3.8, 4) is 0 Å². The van der Waals surface area contributed by atoms with Gasteiger partial charge in [0, 0.05) is 18.0 Å². The summed E-state index contributed by atoms with van der Waals surface area (Å²) in [5.74, 6) is 0. The van der Waals surface area contributed by atoms with Gasteiger partial charge >= 0.3 is 0 Å². The summed E-state index contributed by atoms with van der Waals surface area (Å²) in [4.78, 5) is 0. The standard InChI is InChI=1S/C11H21NO/c1-10(2)5-4-9(10)12-6-11(3)7-13-8-11/h9,12H,4-8H2,1-3H3. The van der Waals surface area contributed by atoms with Gasteiger partial charge < -0.3 is 10.1 Å². The first-order valence-electron chi connectivity index (χ1n) is 5.33. The molecule has 2 nitrogen and oxygen atoms in total. The van der Waals surface area contributed by atoms with Gasteiger partial charge in [-0.2, -0.15) is 0 Å². The van der Waals surface area contributed by atoms with Crippen molar-refractivity contribution >= 4 is 0 Å². The van der Waals surface area contributed by atoms with E-state index in [1.165, 1.54) is 12.8 Å². The molecule has 0 amide bonds. The molecule has 2 fully saturated rings. The Hall–Kier alpha value is -0.0800. The Balaban J connectivity index is 1.74. The molecule has 1 saturated carbocycles. The highest BCUT2D eigenvalue weighted by Crippen LogP contribution is 2.40. The van der Waals surface area contributed by atoms with Crippen LogP contribution in [0.2, 0.25) is 0 Å². The molecule has 0 aromatic rings. The minimum absolute atomic E-state index is 0.422. The van der Waals surface area contributed by atoms with Crippen molar-refractivity contribution in [2.24, 2.45) is 10.8 Å². The average Bonchev–Trinajstić information content (AvgIpc) is 2.00. The molecule has 13 heavy (non-hydrogen) atoms. The quantitative estimate of drug-likeness (QED) is 0.720. The minimum atomic E-state index is 0.422. The molecule has 1 aliphatic heterocycles. The van der Waals surface area contributed by atoms with Crippen molar-refractivity contribution < 1.29 is 4.74 Å². The van der Waals surface area contributed by atoms with Crippen LogP contribution < -0.4 is 5.32 Å². The van der Waals surface area contributed by atoms with E-state index >= 15 is 0 Å². The number of rotatable bonds is 3. The summed E-state index contributed by atoms with van der Waals surface area (Å²) in [7, 11) is 0. The molecule has 1 aliphatic carbocycles. The van der Waals surface area contributed by atoms with Gasteiger partial charge in [0.2, 0.25) is 0 Å². The summed E-state index contributed by atoms with van der Waals surface area (Å²) in [6, 6.07) is 0.741. The molecule has 0 aromatic carbocycles. The van der Waals surface area contributed by atoms with Crippen LogP contribution in [0.15, 0.2) is 0 Å². The third kappa shape index (κ3) is 1.75. The summed E-state index contributed by atoms with van der Waals surface area (Å²) >= 11 is 0. The summed E-state index contributed by atoms with van der Waals surface area (Å²) < 4.78 is 5.23. The predicted octanol–water partition coefficient (Wildman–Crippen LogP) is 1.80. The number of nitrogens with one attached hydrogen (secondary N) is 1. The smallest absolute Gasteiger partial charge is 0.0554 e. The van der Waals surface area contributed by atoms with Gasteiger partial charge in [-0.05, 0) is 18.3 Å². The summed E-state index contributed by atoms with van der Waals surface area (Å²) in [6.45, 7) is 10.0. The van der Waals surface area contributed by atoms with E-state index in [2.05, 4.69) is 26.1 Å². The van der Waals surface area contributed by atoms with Crippen LogP contribution in [0.1, 0.15) is 33.6 Å². The van der Waals surface area contributed by atoms with Crippen LogP contribution in [0.4, 0.5) is 0 Å². The zero-order chi connectivity index (χ0) is 9.53. The maximum atomic E-state index is 5.23. The zero-order valence-corrected chi connectivity index (χ0v) is 9.02. The molecule has 1 heterocycles. The molecule has 1 unspecified atom stereocenters. The fraction of sp³-hybridized carbons (Fsp3) is 1.00. The van der Waals surface area contributed by atoms with E-state index in [1.54, 1.807) is 0 Å². The maximum absolute atomic E-state index is 5.23. The molecule has 2 aliphatic rings. The zero-order valence-electron chi connectivity index (χ0n) is 9.02. The summed E-state index contributed by atoms with van der Waals surface area (Å²) in [6.07, 6.45) is 2.72. The molecular weight excluding hydrogens is 162 g/mol. The first kappa shape index (κ1) is 9.47. The van der Waals surface area contributed by atoms with Crippen molar-refractivity contribution in [3.05, 3.63) is 0 Å². The second-order valence-corrected chi connectivity index (χ2v) is 5.76. The molecule has 0 spiro atoms. The van der Waals surface area contributed by atoms with Gasteiger partial charge in [-0.25, -0.2) is 0 Å². The normalized spacial score (nSPS) is 34.8. The van der Waals surface area contributed by atoms with Crippen molar-refractivity contribution in [2.45, 2.75) is 39.7 Å². The minimum Gasteiger partial charge on any atom is -0.380 e. The molecule has 76 valence electrons. The second-order valence-electron chi connectivity index (χ2n) is 5.76. The summed E-state index contributed by atoms with van der Waals surface area (Å²) in [5.41, 5.74) is 0.951. The van der Waals surface area contributed by atoms with Gasteiger partial charge in [-0.3, -0.25) is 0 Å². The van der Waals surface area contributed by atoms with E-state index in [-0.39, 0.29) is 0 Å². The van der Waals surface area contributed by atoms with Gasteiger partial charge in [0.15, 0.2) is 0 Å². The topological polar surface area (TPSA) is 21.3 Å². The lowest BCUT2D eigenvalue weighted by Gasteiger charge is -2.48. The number of ether oxygens (including phenoxy) is 1. The van der Waals surface area contributed by atoms with E-state index < -0.39 is 0 Å². The van der Waals surface area contributed by atoms with Crippen LogP contribution in [0.5, 0.6) is 0 Å². The average molecular weight is 183 g/mol. The lowest BCUT2D eigenvalue weighted by molar-refractivity contribution is -0.103. The van der Waals surface area contributed by atoms with Gasteiger partial charge in [0.25, 0.3) is 0 Å². The molecule has 1 saturated heterocycles. The number of hydrogen-bond donors (Lipinski definition) is 1. The largest absolute Gasteiger partial charge is 0.380 e. The molecule has 1 N–H and O–H groups in total. The SMILES string of the molecule is CC1(CNC2CCC2(C)C)COC1. The molecule has 2 rings (SSSR count). The van der Waals surface area contributed by atoms with Crippen molar-refractivity contribution in [1.82, 2.24) is 5.32 Å². The van der Waals surface area contributed by atoms with E-state index in [9.17, 15) is 0 Å². The van der Waals surface area contributed by atoms with Crippen LogP contribution in [-0.2, 0) is 4.74 Å². The second kappa shape index (κ2) is 2.96. The molecule has 2 heteroatoms. The fourth-order valence-electron chi connectivity index (χ4n) is 2.17. The van der Waals surface area contributed by atoms with Crippen LogP contribution in [0, 0.1) is 10.8 Å². The Labute approximate surface area is 81.0 Å². The van der Waals surface area contributed by atoms with Crippen LogP contribution in [-0.4, -0.2) is 25.8 Å². The van der Waals surface area contributed by atoms with Crippen LogP contribution in [0.3, 0.4) is 0 Å². The Morgan fingerprint density at radius 1 is 1.31 bits per heavy atom. The lowest BCUT2D eigenvalue weighted by Crippen LogP contribution is -2.56. The monoisotopic (exact) mass is 183 g/mol. The highest BCUT2D eigenvalue weighted by Gasteiger charge is 2.40. The molecular formula is C11H21NO. The van der Waals surface area contributed by atoms with Gasteiger partial charge in [0.05, 0.1) is 13.2 Å². The van der Waals surface area contributed by atoms with Gasteiger partial charge in [0.1, 0.15) is 0 Å². The van der Waals surface area contributed by atoms with Gasteiger partial charge in [-0.1, -0.05) is 20.8 Å². The van der Waals surface area contributed by atoms with E-state index in [1.807, 2.05) is 0 Å². The predicted molar refractivity (Wildman–Crippen MR) is 53.7 cm³/mol. The van der Waals surface area contributed by atoms with E-state index in [0.717, 1.165) is 25.8 Å². The molecule has 0 bridgehead atoms. The molecule has 0 aromatic heterocycles. The maximum Gasteiger partial charge on any atom is 0.0554 e. The number of hydrogen-bond acceptors (Lipinski definition) is 2.